The Bertz CT molecular complexity index is 1480. The molecular weight excluding hydrogens is 535 g/mol. The van der Waals surface area contributed by atoms with Crippen molar-refractivity contribution >= 4 is 32.8 Å². The number of benzene rings is 3. The second-order valence-electron chi connectivity index (χ2n) is 9.37. The molecule has 4 nitrogen and oxygen atoms in total. The van der Waals surface area contributed by atoms with E-state index in [1.165, 1.54) is 24.3 Å². The van der Waals surface area contributed by atoms with Crippen LogP contribution in [-0.2, 0) is 27.4 Å². The second kappa shape index (κ2) is 10.7. The van der Waals surface area contributed by atoms with Gasteiger partial charge in [0.2, 0.25) is 0 Å². The van der Waals surface area contributed by atoms with Gasteiger partial charge in [-0.1, -0.05) is 41.9 Å². The van der Waals surface area contributed by atoms with Gasteiger partial charge in [-0.2, -0.15) is 13.2 Å². The van der Waals surface area contributed by atoms with E-state index in [0.29, 0.717) is 30.1 Å². The van der Waals surface area contributed by atoms with E-state index in [2.05, 4.69) is 0 Å². The monoisotopic (exact) mass is 562 g/mol. The van der Waals surface area contributed by atoms with Gasteiger partial charge in [0, 0.05) is 55.0 Å². The van der Waals surface area contributed by atoms with Gasteiger partial charge < -0.3 is 4.74 Å². The van der Waals surface area contributed by atoms with Crippen molar-refractivity contribution in [2.24, 2.45) is 0 Å². The summed E-state index contributed by atoms with van der Waals surface area (Å²) >= 11 is 6.03. The van der Waals surface area contributed by atoms with Crippen molar-refractivity contribution in [2.45, 2.75) is 44.1 Å². The lowest BCUT2D eigenvalue weighted by molar-refractivity contribution is -0.137. The number of halogens is 4. The van der Waals surface area contributed by atoms with Crippen LogP contribution in [0.1, 0.15) is 31.4 Å². The lowest BCUT2D eigenvalue weighted by Gasteiger charge is -2.39. The summed E-state index contributed by atoms with van der Waals surface area (Å²) in [5, 5.41) is -0.0300. The molecule has 0 amide bonds. The third-order valence-corrected chi connectivity index (χ3v) is 7.99. The molecule has 0 aliphatic carbocycles. The van der Waals surface area contributed by atoms with Crippen LogP contribution in [-0.4, -0.2) is 20.8 Å². The first-order valence-electron chi connectivity index (χ1n) is 11.9. The van der Waals surface area contributed by atoms with Crippen LogP contribution in [0.25, 0.3) is 0 Å². The molecule has 0 fully saturated rings. The maximum atomic E-state index is 14.4. The first-order valence-corrected chi connectivity index (χ1v) is 14.2. The Labute approximate surface area is 226 Å². The number of allylic oxidation sites excluding steroid dienone is 3. The number of sulfone groups is 1. The third-order valence-electron chi connectivity index (χ3n) is 6.63. The molecule has 3 aromatic carbocycles. The predicted molar refractivity (Wildman–Crippen MR) is 145 cm³/mol. The molecule has 0 N–H and O–H groups in total. The van der Waals surface area contributed by atoms with Crippen LogP contribution in [0.2, 0.25) is 5.02 Å². The maximum Gasteiger partial charge on any atom is 0.422 e. The van der Waals surface area contributed by atoms with Gasteiger partial charge in [0.05, 0.1) is 17.6 Å². The standard InChI is InChI=1S/C29H28ClF3NO3S/c1-20-9-11-25(17-21(2)37-19-22-7-5-4-6-8-22)34(20,24-12-14-26(15-13-24)38(3,35)36)28-16-10-23(30)18-27(28)29(31,32)33/h4-16,18,21H,17,19H2,1-3H3/q+1/t21-,34?/m0/s1. The van der Waals surface area contributed by atoms with Crippen molar-refractivity contribution in [1.29, 1.82) is 0 Å². The van der Waals surface area contributed by atoms with Gasteiger partial charge in [-0.05, 0) is 36.8 Å². The van der Waals surface area contributed by atoms with E-state index in [0.717, 1.165) is 17.9 Å². The summed E-state index contributed by atoms with van der Waals surface area (Å²) < 4.78 is 73.1. The van der Waals surface area contributed by atoms with Crippen molar-refractivity contribution in [3.63, 3.8) is 0 Å². The fourth-order valence-corrected chi connectivity index (χ4v) is 5.64. The van der Waals surface area contributed by atoms with Crippen molar-refractivity contribution in [3.05, 3.63) is 112 Å². The number of hydrogen-bond acceptors (Lipinski definition) is 3. The number of nitrogens with zero attached hydrogens (tertiary/aromatic N) is 1. The second-order valence-corrected chi connectivity index (χ2v) is 11.8. The first kappa shape index (κ1) is 28.1. The molecule has 0 bridgehead atoms. The van der Waals surface area contributed by atoms with Crippen LogP contribution in [0.4, 0.5) is 24.5 Å². The van der Waals surface area contributed by atoms with Crippen LogP contribution in [0.5, 0.6) is 0 Å². The fourth-order valence-electron chi connectivity index (χ4n) is 4.84. The third kappa shape index (κ3) is 5.59. The zero-order valence-corrected chi connectivity index (χ0v) is 22.7. The van der Waals surface area contributed by atoms with E-state index in [1.807, 2.05) is 43.3 Å². The predicted octanol–water partition coefficient (Wildman–Crippen LogP) is 8.20. The van der Waals surface area contributed by atoms with Gasteiger partial charge in [-0.25, -0.2) is 12.9 Å². The topological polar surface area (TPSA) is 43.4 Å². The first-order chi connectivity index (χ1) is 17.8. The molecule has 9 heteroatoms. The fraction of sp³-hybridized carbons (Fsp3) is 0.241. The summed E-state index contributed by atoms with van der Waals surface area (Å²) in [5.41, 5.74) is 1.84. The van der Waals surface area contributed by atoms with Gasteiger partial charge in [-0.15, -0.1) is 0 Å². The molecule has 38 heavy (non-hydrogen) atoms. The molecule has 4 rings (SSSR count). The quantitative estimate of drug-likeness (QED) is 0.260. The Morgan fingerprint density at radius 1 is 0.974 bits per heavy atom. The number of ether oxygens (including phenoxy) is 1. The summed E-state index contributed by atoms with van der Waals surface area (Å²) in [7, 11) is -3.50. The van der Waals surface area contributed by atoms with Gasteiger partial charge in [0.25, 0.3) is 0 Å². The van der Waals surface area contributed by atoms with Crippen molar-refractivity contribution < 1.29 is 26.3 Å². The van der Waals surface area contributed by atoms with Gasteiger partial charge >= 0.3 is 6.18 Å². The van der Waals surface area contributed by atoms with E-state index in [1.54, 1.807) is 25.1 Å². The average molecular weight is 563 g/mol. The van der Waals surface area contributed by atoms with Gasteiger partial charge in [0.1, 0.15) is 22.6 Å². The van der Waals surface area contributed by atoms with Crippen LogP contribution in [0, 0.1) is 0 Å². The van der Waals surface area contributed by atoms with Crippen LogP contribution < -0.4 is 4.48 Å². The Hall–Kier alpha value is -2.91. The molecular formula is C29H28ClF3NO3S+. The highest BCUT2D eigenvalue weighted by Crippen LogP contribution is 2.53. The number of rotatable bonds is 8. The number of quaternary nitrogens is 1. The van der Waals surface area contributed by atoms with Crippen molar-refractivity contribution in [2.75, 3.05) is 6.26 Å². The molecule has 0 radical (unpaired) electrons. The van der Waals surface area contributed by atoms with E-state index in [4.69, 9.17) is 16.3 Å². The molecule has 0 saturated heterocycles. The number of hydrogen-bond donors (Lipinski definition) is 0. The molecule has 1 unspecified atom stereocenters. The molecule has 1 aliphatic heterocycles. The smallest absolute Gasteiger partial charge is 0.373 e. The lowest BCUT2D eigenvalue weighted by atomic mass is 10.0. The zero-order chi connectivity index (χ0) is 27.7. The summed E-state index contributed by atoms with van der Waals surface area (Å²) in [6.07, 6.45) is 0.0202. The molecule has 3 aromatic rings. The minimum atomic E-state index is -4.68. The minimum Gasteiger partial charge on any atom is -0.373 e. The Kier molecular flexibility index (Phi) is 7.91. The molecule has 2 atom stereocenters. The average Bonchev–Trinajstić information content (AvgIpc) is 3.18. The zero-order valence-electron chi connectivity index (χ0n) is 21.2. The Morgan fingerprint density at radius 3 is 2.24 bits per heavy atom. The molecule has 1 aliphatic rings. The van der Waals surface area contributed by atoms with Gasteiger partial charge in [0.15, 0.2) is 15.5 Å². The molecule has 200 valence electrons. The SMILES string of the molecule is CC1=CC=C(C[C@H](C)OCc2ccccc2)[N+]1(c1ccc(S(C)(=O)=O)cc1)c1ccc(Cl)cc1C(F)(F)F. The largest absolute Gasteiger partial charge is 0.422 e. The van der Waals surface area contributed by atoms with Crippen molar-refractivity contribution in [3.8, 4) is 0 Å². The van der Waals surface area contributed by atoms with E-state index in [9.17, 15) is 21.6 Å². The number of alkyl halides is 3. The summed E-state index contributed by atoms with van der Waals surface area (Å²) in [6, 6.07) is 19.4. The Morgan fingerprint density at radius 2 is 1.63 bits per heavy atom. The maximum absolute atomic E-state index is 14.4. The molecule has 1 heterocycles. The molecule has 0 spiro atoms. The molecule has 0 aromatic heterocycles. The normalized spacial score (nSPS) is 18.7. The van der Waals surface area contributed by atoms with Crippen molar-refractivity contribution in [1.82, 2.24) is 4.48 Å². The lowest BCUT2D eigenvalue weighted by Crippen LogP contribution is -2.42. The van der Waals surface area contributed by atoms with Crippen LogP contribution in [0.3, 0.4) is 0 Å². The van der Waals surface area contributed by atoms with Gasteiger partial charge in [-0.3, -0.25) is 0 Å². The summed E-state index contributed by atoms with van der Waals surface area (Å²) in [5.74, 6) is 0. The van der Waals surface area contributed by atoms with E-state index < -0.39 is 21.6 Å². The minimum absolute atomic E-state index is 0.0261. The highest BCUT2D eigenvalue weighted by atomic mass is 35.5. The van der Waals surface area contributed by atoms with Crippen LogP contribution in [0.15, 0.2) is 101 Å². The highest BCUT2D eigenvalue weighted by Gasteiger charge is 2.49. The van der Waals surface area contributed by atoms with E-state index in [-0.39, 0.29) is 26.2 Å². The summed E-state index contributed by atoms with van der Waals surface area (Å²) in [4.78, 5) is 0.0810. The Balaban J connectivity index is 1.84. The summed E-state index contributed by atoms with van der Waals surface area (Å²) in [6.45, 7) is 4.00. The highest BCUT2D eigenvalue weighted by molar-refractivity contribution is 7.90. The molecule has 0 saturated carbocycles. The van der Waals surface area contributed by atoms with Crippen LogP contribution >= 0.6 is 11.6 Å². The van der Waals surface area contributed by atoms with E-state index >= 15 is 0 Å².